The first-order valence-electron chi connectivity index (χ1n) is 6.75. The minimum absolute atomic E-state index is 0.149. The highest BCUT2D eigenvalue weighted by molar-refractivity contribution is 7.16. The Morgan fingerprint density at radius 2 is 2.32 bits per heavy atom. The van der Waals surface area contributed by atoms with Crippen LogP contribution in [0.1, 0.15) is 16.1 Å². The molecule has 2 rings (SSSR count). The molecule has 0 unspecified atom stereocenters. The number of amides is 1. The number of nitrogens with one attached hydrogen (secondary N) is 2. The number of carbonyl (C=O) groups excluding carboxylic acids is 1. The zero-order chi connectivity index (χ0) is 15.8. The molecule has 0 aliphatic heterocycles. The summed E-state index contributed by atoms with van der Waals surface area (Å²) in [5.41, 5.74) is 0.918. The van der Waals surface area contributed by atoms with Crippen LogP contribution in [-0.2, 0) is 0 Å². The average Bonchev–Trinajstić information content (AvgIpc) is 3.04. The molecule has 1 aromatic carbocycles. The van der Waals surface area contributed by atoms with Gasteiger partial charge in [-0.2, -0.15) is 5.26 Å². The normalized spacial score (nSPS) is 9.82. The molecule has 1 amide bonds. The Hall–Kier alpha value is -2.59. The molecule has 0 aliphatic rings. The highest BCUT2D eigenvalue weighted by Gasteiger charge is 2.11. The molecule has 0 bridgehead atoms. The highest BCUT2D eigenvalue weighted by atomic mass is 32.1. The van der Waals surface area contributed by atoms with Crippen molar-refractivity contribution in [1.82, 2.24) is 15.6 Å². The summed E-state index contributed by atoms with van der Waals surface area (Å²) in [4.78, 5) is 16.8. The fraction of sp³-hybridized carbons (Fsp3) is 0.267. The lowest BCUT2D eigenvalue weighted by atomic mass is 10.2. The summed E-state index contributed by atoms with van der Waals surface area (Å²) in [6.45, 7) is 1.06. The van der Waals surface area contributed by atoms with Gasteiger partial charge in [0.05, 0.1) is 13.3 Å². The van der Waals surface area contributed by atoms with Gasteiger partial charge in [-0.05, 0) is 18.6 Å². The molecule has 0 spiro atoms. The van der Waals surface area contributed by atoms with E-state index in [9.17, 15) is 4.79 Å². The third-order valence-corrected chi connectivity index (χ3v) is 3.93. The third kappa shape index (κ3) is 4.20. The van der Waals surface area contributed by atoms with Gasteiger partial charge in [-0.15, -0.1) is 11.3 Å². The van der Waals surface area contributed by atoms with E-state index in [2.05, 4.69) is 15.6 Å². The van der Waals surface area contributed by atoms with Crippen LogP contribution >= 0.6 is 11.3 Å². The number of aromatic nitrogens is 1. The highest BCUT2D eigenvalue weighted by Crippen LogP contribution is 2.27. The Balaban J connectivity index is 1.95. The van der Waals surface area contributed by atoms with Crippen molar-refractivity contribution in [3.8, 4) is 22.5 Å². The molecule has 7 heteroatoms. The summed E-state index contributed by atoms with van der Waals surface area (Å²) in [6.07, 6.45) is 4.10. The predicted molar refractivity (Wildman–Crippen MR) is 84.7 cm³/mol. The van der Waals surface area contributed by atoms with Gasteiger partial charge in [-0.1, -0.05) is 12.1 Å². The minimum atomic E-state index is -0.149. The number of thiazole rings is 1. The molecular formula is C15H16N4O2S. The Labute approximate surface area is 132 Å². The van der Waals surface area contributed by atoms with Gasteiger partial charge in [-0.25, -0.2) is 4.98 Å². The van der Waals surface area contributed by atoms with Crippen LogP contribution < -0.4 is 15.4 Å². The van der Waals surface area contributed by atoms with E-state index in [1.807, 2.05) is 30.5 Å². The second-order valence-corrected chi connectivity index (χ2v) is 5.44. The smallest absolute Gasteiger partial charge is 0.263 e. The first kappa shape index (κ1) is 15.8. The first-order chi connectivity index (χ1) is 10.7. The van der Waals surface area contributed by atoms with Gasteiger partial charge in [0, 0.05) is 18.7 Å². The van der Waals surface area contributed by atoms with Crippen molar-refractivity contribution < 1.29 is 9.53 Å². The number of hydrogen-bond acceptors (Lipinski definition) is 6. The maximum Gasteiger partial charge on any atom is 0.263 e. The van der Waals surface area contributed by atoms with Gasteiger partial charge >= 0.3 is 0 Å². The van der Waals surface area contributed by atoms with Crippen LogP contribution in [0, 0.1) is 11.5 Å². The van der Waals surface area contributed by atoms with Gasteiger partial charge in [0.1, 0.15) is 15.6 Å². The van der Waals surface area contributed by atoms with Crippen molar-refractivity contribution in [2.24, 2.45) is 0 Å². The van der Waals surface area contributed by atoms with Gasteiger partial charge in [0.25, 0.3) is 5.91 Å². The molecule has 6 nitrogen and oxygen atoms in total. The third-order valence-electron chi connectivity index (χ3n) is 2.89. The quantitative estimate of drug-likeness (QED) is 0.463. The number of ether oxygens (including phenoxy) is 1. The summed E-state index contributed by atoms with van der Waals surface area (Å²) in [6, 6.07) is 7.56. The topological polar surface area (TPSA) is 87.0 Å². The standard InChI is InChI=1S/C15H16N4O2S/c1-21-12-5-2-4-11(8-12)15-19-9-13(22-15)14(20)18-7-3-6-17-10-16/h2,4-5,8-9,17H,3,6-7H2,1H3,(H,18,20). The largest absolute Gasteiger partial charge is 0.497 e. The lowest BCUT2D eigenvalue weighted by Gasteiger charge is -2.02. The Morgan fingerprint density at radius 1 is 1.45 bits per heavy atom. The van der Waals surface area contributed by atoms with Crippen molar-refractivity contribution in [3.63, 3.8) is 0 Å². The first-order valence-corrected chi connectivity index (χ1v) is 7.56. The summed E-state index contributed by atoms with van der Waals surface area (Å²) in [5.74, 6) is 0.604. The SMILES string of the molecule is COc1cccc(-c2ncc(C(=O)NCCCNC#N)s2)c1. The molecule has 2 aromatic rings. The molecule has 22 heavy (non-hydrogen) atoms. The number of rotatable bonds is 7. The van der Waals surface area contributed by atoms with Crippen LogP contribution in [0.4, 0.5) is 0 Å². The van der Waals surface area contributed by atoms with Crippen LogP contribution in [0.5, 0.6) is 5.75 Å². The van der Waals surface area contributed by atoms with E-state index in [0.29, 0.717) is 24.4 Å². The molecule has 0 atom stereocenters. The second kappa shape index (κ2) is 8.00. The number of nitrogens with zero attached hydrogens (tertiary/aromatic N) is 2. The molecule has 0 saturated carbocycles. The molecule has 114 valence electrons. The molecule has 0 fully saturated rings. The van der Waals surface area contributed by atoms with E-state index in [4.69, 9.17) is 10.00 Å². The van der Waals surface area contributed by atoms with Crippen molar-refractivity contribution in [1.29, 1.82) is 5.26 Å². The van der Waals surface area contributed by atoms with Crippen molar-refractivity contribution in [2.75, 3.05) is 20.2 Å². The summed E-state index contributed by atoms with van der Waals surface area (Å²) in [5, 5.41) is 14.4. The molecule has 0 aliphatic carbocycles. The Morgan fingerprint density at radius 3 is 3.09 bits per heavy atom. The number of hydrogen-bond donors (Lipinski definition) is 2. The number of benzene rings is 1. The fourth-order valence-electron chi connectivity index (χ4n) is 1.79. The van der Waals surface area contributed by atoms with Crippen LogP contribution in [-0.4, -0.2) is 31.1 Å². The molecule has 0 radical (unpaired) electrons. The molecule has 1 heterocycles. The van der Waals surface area contributed by atoms with Crippen molar-refractivity contribution >= 4 is 17.2 Å². The molecule has 1 aromatic heterocycles. The predicted octanol–water partition coefficient (Wildman–Crippen LogP) is 2.01. The maximum absolute atomic E-state index is 12.0. The van der Waals surface area contributed by atoms with Crippen molar-refractivity contribution in [2.45, 2.75) is 6.42 Å². The monoisotopic (exact) mass is 316 g/mol. The lowest BCUT2D eigenvalue weighted by Crippen LogP contribution is -2.25. The number of carbonyl (C=O) groups is 1. The Bertz CT molecular complexity index is 678. The fourth-order valence-corrected chi connectivity index (χ4v) is 2.62. The van der Waals surface area contributed by atoms with Crippen LogP contribution in [0.15, 0.2) is 30.5 Å². The molecule has 2 N–H and O–H groups in total. The van der Waals surface area contributed by atoms with E-state index in [1.165, 1.54) is 11.3 Å². The lowest BCUT2D eigenvalue weighted by molar-refractivity contribution is 0.0957. The van der Waals surface area contributed by atoms with Crippen LogP contribution in [0.2, 0.25) is 0 Å². The van der Waals surface area contributed by atoms with E-state index in [0.717, 1.165) is 16.3 Å². The average molecular weight is 316 g/mol. The van der Waals surface area contributed by atoms with Crippen molar-refractivity contribution in [3.05, 3.63) is 35.3 Å². The number of methoxy groups -OCH3 is 1. The zero-order valence-corrected chi connectivity index (χ0v) is 12.9. The van der Waals surface area contributed by atoms with E-state index >= 15 is 0 Å². The van der Waals surface area contributed by atoms with Gasteiger partial charge in [-0.3, -0.25) is 4.79 Å². The maximum atomic E-state index is 12.0. The molecule has 0 saturated heterocycles. The van der Waals surface area contributed by atoms with E-state index in [1.54, 1.807) is 13.3 Å². The number of nitriles is 1. The molecular weight excluding hydrogens is 300 g/mol. The summed E-state index contributed by atoms with van der Waals surface area (Å²) < 4.78 is 5.18. The second-order valence-electron chi connectivity index (χ2n) is 4.41. The van der Waals surface area contributed by atoms with Crippen LogP contribution in [0.25, 0.3) is 10.6 Å². The van der Waals surface area contributed by atoms with Gasteiger partial charge < -0.3 is 15.4 Å². The van der Waals surface area contributed by atoms with Gasteiger partial charge in [0.15, 0.2) is 6.19 Å². The summed E-state index contributed by atoms with van der Waals surface area (Å²) >= 11 is 1.33. The van der Waals surface area contributed by atoms with E-state index in [-0.39, 0.29) is 5.91 Å². The summed E-state index contributed by atoms with van der Waals surface area (Å²) in [7, 11) is 1.61. The zero-order valence-electron chi connectivity index (χ0n) is 12.1. The van der Waals surface area contributed by atoms with Gasteiger partial charge in [0.2, 0.25) is 0 Å². The minimum Gasteiger partial charge on any atom is -0.497 e. The van der Waals surface area contributed by atoms with E-state index < -0.39 is 0 Å². The van der Waals surface area contributed by atoms with Crippen LogP contribution in [0.3, 0.4) is 0 Å². The Kier molecular flexibility index (Phi) is 5.74.